The molecule has 0 radical (unpaired) electrons. The molecule has 0 fully saturated rings. The molecule has 0 aromatic heterocycles. The van der Waals surface area contributed by atoms with E-state index in [-0.39, 0.29) is 20.3 Å². The van der Waals surface area contributed by atoms with Crippen molar-refractivity contribution in [1.82, 2.24) is 0 Å². The largest absolute Gasteiger partial charge is 1.00 e. The third kappa shape index (κ3) is 2.10. The predicted molar refractivity (Wildman–Crippen MR) is 59.0 cm³/mol. The molecule has 0 aliphatic heterocycles. The zero-order chi connectivity index (χ0) is 9.10. The maximum absolute atomic E-state index is 3.76. The molecule has 0 aliphatic carbocycles. The molecule has 1 heteroatoms. The van der Waals surface area contributed by atoms with Crippen molar-refractivity contribution in [2.75, 3.05) is 0 Å². The first kappa shape index (κ1) is 11.1. The van der Waals surface area contributed by atoms with Crippen LogP contribution in [-0.4, -0.2) is 0 Å². The number of allylic oxidation sites excluding steroid dienone is 1. The summed E-state index contributed by atoms with van der Waals surface area (Å²) in [5, 5.41) is 2.65. The van der Waals surface area contributed by atoms with E-state index in [0.717, 1.165) is 6.42 Å². The van der Waals surface area contributed by atoms with Gasteiger partial charge in [0.2, 0.25) is 0 Å². The van der Waals surface area contributed by atoms with Crippen LogP contribution in [0, 0.1) is 0 Å². The zero-order valence-corrected chi connectivity index (χ0v) is 8.53. The summed E-state index contributed by atoms with van der Waals surface area (Å²) in [5.74, 6) is 0. The SMILES string of the molecule is C=CCc1cccc2ccccc12.[H-].[Li+]. The van der Waals surface area contributed by atoms with E-state index in [1.807, 2.05) is 6.08 Å². The Morgan fingerprint density at radius 1 is 1.07 bits per heavy atom. The van der Waals surface area contributed by atoms with Gasteiger partial charge < -0.3 is 1.43 Å². The van der Waals surface area contributed by atoms with E-state index in [0.29, 0.717) is 0 Å². The minimum absolute atomic E-state index is 0. The van der Waals surface area contributed by atoms with Gasteiger partial charge in [-0.25, -0.2) is 0 Å². The van der Waals surface area contributed by atoms with Crippen molar-refractivity contribution in [1.29, 1.82) is 0 Å². The van der Waals surface area contributed by atoms with Gasteiger partial charge in [0.15, 0.2) is 0 Å². The average Bonchev–Trinajstić information content (AvgIpc) is 2.19. The van der Waals surface area contributed by atoms with Crippen molar-refractivity contribution in [3.8, 4) is 0 Å². The first-order valence-corrected chi connectivity index (χ1v) is 4.49. The minimum atomic E-state index is 0. The second kappa shape index (κ2) is 5.05. The van der Waals surface area contributed by atoms with Crippen LogP contribution in [0.15, 0.2) is 55.1 Å². The first-order valence-electron chi connectivity index (χ1n) is 4.49. The number of benzene rings is 2. The fourth-order valence-corrected chi connectivity index (χ4v) is 1.63. The van der Waals surface area contributed by atoms with Crippen molar-refractivity contribution in [3.63, 3.8) is 0 Å². The van der Waals surface area contributed by atoms with Gasteiger partial charge in [-0.15, -0.1) is 6.58 Å². The van der Waals surface area contributed by atoms with E-state index in [1.165, 1.54) is 16.3 Å². The Morgan fingerprint density at radius 3 is 2.57 bits per heavy atom. The molecular formula is C13H13Li. The summed E-state index contributed by atoms with van der Waals surface area (Å²) < 4.78 is 0. The number of hydrogen-bond donors (Lipinski definition) is 0. The van der Waals surface area contributed by atoms with Gasteiger partial charge in [-0.3, -0.25) is 0 Å². The molecule has 0 saturated heterocycles. The van der Waals surface area contributed by atoms with Crippen LogP contribution in [-0.2, 0) is 6.42 Å². The Labute approximate surface area is 98.3 Å². The summed E-state index contributed by atoms with van der Waals surface area (Å²) in [6, 6.07) is 14.8. The topological polar surface area (TPSA) is 0 Å². The van der Waals surface area contributed by atoms with Crippen molar-refractivity contribution in [2.45, 2.75) is 6.42 Å². The van der Waals surface area contributed by atoms with Gasteiger partial charge in [0, 0.05) is 0 Å². The van der Waals surface area contributed by atoms with Crippen LogP contribution in [0.4, 0.5) is 0 Å². The van der Waals surface area contributed by atoms with Gasteiger partial charge in [-0.05, 0) is 22.8 Å². The van der Waals surface area contributed by atoms with Crippen LogP contribution in [0.3, 0.4) is 0 Å². The Balaban J connectivity index is 0.000000980. The summed E-state index contributed by atoms with van der Waals surface area (Å²) in [5.41, 5.74) is 1.35. The van der Waals surface area contributed by atoms with Crippen LogP contribution in [0.2, 0.25) is 0 Å². The molecule has 0 N–H and O–H groups in total. The summed E-state index contributed by atoms with van der Waals surface area (Å²) in [7, 11) is 0. The molecule has 0 spiro atoms. The number of rotatable bonds is 2. The summed E-state index contributed by atoms with van der Waals surface area (Å²) in [4.78, 5) is 0. The fourth-order valence-electron chi connectivity index (χ4n) is 1.63. The summed E-state index contributed by atoms with van der Waals surface area (Å²) in [6.45, 7) is 3.76. The molecular weight excluding hydrogens is 163 g/mol. The molecule has 14 heavy (non-hydrogen) atoms. The van der Waals surface area contributed by atoms with Gasteiger partial charge in [0.05, 0.1) is 0 Å². The summed E-state index contributed by atoms with van der Waals surface area (Å²) in [6.07, 6.45) is 2.89. The van der Waals surface area contributed by atoms with E-state index in [9.17, 15) is 0 Å². The number of fused-ring (bicyclic) bond motifs is 1. The smallest absolute Gasteiger partial charge is 1.00 e. The van der Waals surface area contributed by atoms with Gasteiger partial charge in [0.25, 0.3) is 0 Å². The first-order chi connectivity index (χ1) is 6.42. The Bertz CT molecular complexity index is 432. The van der Waals surface area contributed by atoms with E-state index < -0.39 is 0 Å². The van der Waals surface area contributed by atoms with Gasteiger partial charge in [-0.2, -0.15) is 0 Å². The molecule has 0 bridgehead atoms. The van der Waals surface area contributed by atoms with Gasteiger partial charge >= 0.3 is 18.9 Å². The molecule has 2 aromatic rings. The van der Waals surface area contributed by atoms with Gasteiger partial charge in [0.1, 0.15) is 0 Å². The third-order valence-corrected chi connectivity index (χ3v) is 2.24. The monoisotopic (exact) mass is 176 g/mol. The Morgan fingerprint density at radius 2 is 1.79 bits per heavy atom. The molecule has 2 rings (SSSR count). The molecule has 0 nitrogen and oxygen atoms in total. The van der Waals surface area contributed by atoms with Crippen molar-refractivity contribution >= 4 is 10.8 Å². The molecule has 0 atom stereocenters. The molecule has 66 valence electrons. The minimum Gasteiger partial charge on any atom is -1.00 e. The van der Waals surface area contributed by atoms with Crippen molar-refractivity contribution < 1.29 is 20.3 Å². The molecule has 0 aliphatic rings. The van der Waals surface area contributed by atoms with E-state index >= 15 is 0 Å². The quantitative estimate of drug-likeness (QED) is 0.466. The van der Waals surface area contributed by atoms with E-state index in [2.05, 4.69) is 49.0 Å². The maximum atomic E-state index is 3.76. The molecule has 0 heterocycles. The molecule has 0 saturated carbocycles. The van der Waals surface area contributed by atoms with E-state index in [4.69, 9.17) is 0 Å². The molecule has 0 amide bonds. The fraction of sp³-hybridized carbons (Fsp3) is 0.0769. The van der Waals surface area contributed by atoms with Crippen molar-refractivity contribution in [3.05, 3.63) is 60.7 Å². The van der Waals surface area contributed by atoms with Crippen LogP contribution in [0.1, 0.15) is 6.99 Å². The number of hydrogen-bond acceptors (Lipinski definition) is 0. The maximum Gasteiger partial charge on any atom is 1.00 e. The van der Waals surface area contributed by atoms with E-state index in [1.54, 1.807) is 0 Å². The molecule has 2 aromatic carbocycles. The van der Waals surface area contributed by atoms with Crippen LogP contribution in [0.5, 0.6) is 0 Å². The van der Waals surface area contributed by atoms with Crippen LogP contribution >= 0.6 is 0 Å². The summed E-state index contributed by atoms with van der Waals surface area (Å²) >= 11 is 0. The Hall–Kier alpha value is -0.963. The molecule has 0 unspecified atom stereocenters. The van der Waals surface area contributed by atoms with Gasteiger partial charge in [-0.1, -0.05) is 48.5 Å². The standard InChI is InChI=1S/C13H12.Li.H/c1-2-6-11-8-5-9-12-7-3-4-10-13(11)12;;/h2-5,7-10H,1,6H2;;/q;+1;-1. The third-order valence-electron chi connectivity index (χ3n) is 2.24. The normalized spacial score (nSPS) is 9.43. The second-order valence-corrected chi connectivity index (χ2v) is 3.13. The Kier molecular flexibility index (Phi) is 4.01. The predicted octanol–water partition coefficient (Wildman–Crippen LogP) is 0.685. The second-order valence-electron chi connectivity index (χ2n) is 3.13. The average molecular weight is 176 g/mol. The van der Waals surface area contributed by atoms with Crippen molar-refractivity contribution in [2.24, 2.45) is 0 Å². The van der Waals surface area contributed by atoms with Crippen LogP contribution < -0.4 is 18.9 Å². The van der Waals surface area contributed by atoms with Crippen LogP contribution in [0.25, 0.3) is 10.8 Å². The zero-order valence-electron chi connectivity index (χ0n) is 9.53.